The Morgan fingerprint density at radius 1 is 0.481 bits per heavy atom. The van der Waals surface area contributed by atoms with E-state index < -0.39 is 0 Å². The number of aromatic nitrogens is 3. The molecule has 244 valence electrons. The highest BCUT2D eigenvalue weighted by atomic mass is 15.1. The Balaban J connectivity index is 1.22. The molecule has 4 heteroatoms. The van der Waals surface area contributed by atoms with Crippen LogP contribution in [0.4, 0.5) is 0 Å². The van der Waals surface area contributed by atoms with Crippen molar-refractivity contribution in [3.05, 3.63) is 205 Å². The summed E-state index contributed by atoms with van der Waals surface area (Å²) in [5, 5.41) is 4.69. The van der Waals surface area contributed by atoms with Crippen LogP contribution in [-0.2, 0) is 0 Å². The van der Waals surface area contributed by atoms with Gasteiger partial charge in [-0.25, -0.2) is 9.98 Å². The molecule has 0 aliphatic carbocycles. The summed E-state index contributed by atoms with van der Waals surface area (Å²) in [6.45, 7) is 0. The lowest BCUT2D eigenvalue weighted by molar-refractivity contribution is 1.14. The molecule has 10 rings (SSSR count). The summed E-state index contributed by atoms with van der Waals surface area (Å²) in [5.41, 5.74) is 11.9. The predicted molar refractivity (Wildman–Crippen MR) is 218 cm³/mol. The Labute approximate surface area is 301 Å². The smallest absolute Gasteiger partial charge is 0.145 e. The van der Waals surface area contributed by atoms with Gasteiger partial charge in [-0.2, -0.15) is 0 Å². The van der Waals surface area contributed by atoms with Gasteiger partial charge < -0.3 is 0 Å². The molecular formula is C48H32N4. The normalized spacial score (nSPS) is 16.9. The van der Waals surface area contributed by atoms with Gasteiger partial charge in [0.05, 0.1) is 22.2 Å². The molecular weight excluding hydrogens is 633 g/mol. The molecule has 0 saturated carbocycles. The van der Waals surface area contributed by atoms with Gasteiger partial charge in [0.15, 0.2) is 0 Å². The van der Waals surface area contributed by atoms with E-state index in [1.165, 1.54) is 21.7 Å². The molecule has 0 spiro atoms. The van der Waals surface area contributed by atoms with Crippen LogP contribution in [0.5, 0.6) is 0 Å². The average molecular weight is 665 g/mol. The minimum atomic E-state index is 0.856. The maximum atomic E-state index is 5.44. The number of benzene rings is 6. The summed E-state index contributed by atoms with van der Waals surface area (Å²) >= 11 is 0. The fourth-order valence-electron chi connectivity index (χ4n) is 7.68. The molecule has 52 heavy (non-hydrogen) atoms. The Morgan fingerprint density at radius 2 is 1.17 bits per heavy atom. The zero-order valence-corrected chi connectivity index (χ0v) is 28.3. The van der Waals surface area contributed by atoms with E-state index in [4.69, 9.17) is 9.98 Å². The third-order valence-corrected chi connectivity index (χ3v) is 10.0. The quantitative estimate of drug-likeness (QED) is 0.184. The van der Waals surface area contributed by atoms with Gasteiger partial charge >= 0.3 is 0 Å². The van der Waals surface area contributed by atoms with E-state index in [1.807, 2.05) is 18.3 Å². The molecule has 0 atom stereocenters. The number of pyridine rings is 1. The summed E-state index contributed by atoms with van der Waals surface area (Å²) in [6, 6.07) is 57.8. The van der Waals surface area contributed by atoms with Gasteiger partial charge in [0, 0.05) is 39.0 Å². The van der Waals surface area contributed by atoms with Crippen molar-refractivity contribution in [1.82, 2.24) is 14.1 Å². The van der Waals surface area contributed by atoms with Gasteiger partial charge in [-0.05, 0) is 82.9 Å². The van der Waals surface area contributed by atoms with Crippen LogP contribution in [-0.4, -0.2) is 20.0 Å². The molecule has 1 aliphatic heterocycles. The average Bonchev–Trinajstić information content (AvgIpc) is 3.72. The van der Waals surface area contributed by atoms with Crippen LogP contribution in [0.15, 0.2) is 199 Å². The SMILES string of the molecule is C1=C(c2ccccc2)\N=C(n2c3ccccc3c3c(-c4ccc5c(c4)c4cccnc4n5-c4ccccc4)cccc32)\C=C(c2ccccc2)/C=C/1. The number of hydrogen-bond donors (Lipinski definition) is 0. The number of fused-ring (bicyclic) bond motifs is 6. The highest BCUT2D eigenvalue weighted by Gasteiger charge is 2.20. The molecule has 4 nitrogen and oxygen atoms in total. The third kappa shape index (κ3) is 4.92. The monoisotopic (exact) mass is 664 g/mol. The number of nitrogens with zero attached hydrogens (tertiary/aromatic N) is 4. The van der Waals surface area contributed by atoms with Crippen LogP contribution < -0.4 is 0 Å². The molecule has 0 saturated heterocycles. The lowest BCUT2D eigenvalue weighted by Crippen LogP contribution is -2.10. The third-order valence-electron chi connectivity index (χ3n) is 10.0. The number of rotatable bonds is 4. The summed E-state index contributed by atoms with van der Waals surface area (Å²) in [6.07, 6.45) is 10.5. The summed E-state index contributed by atoms with van der Waals surface area (Å²) in [5.74, 6) is 0.856. The first-order valence-electron chi connectivity index (χ1n) is 17.6. The van der Waals surface area contributed by atoms with Gasteiger partial charge in [0.1, 0.15) is 11.5 Å². The highest BCUT2D eigenvalue weighted by Crippen LogP contribution is 2.40. The van der Waals surface area contributed by atoms with Crippen molar-refractivity contribution >= 4 is 60.8 Å². The van der Waals surface area contributed by atoms with E-state index in [0.29, 0.717) is 0 Å². The first-order valence-corrected chi connectivity index (χ1v) is 17.6. The highest BCUT2D eigenvalue weighted by molar-refractivity contribution is 6.22. The first-order chi connectivity index (χ1) is 25.8. The van der Waals surface area contributed by atoms with Crippen LogP contribution in [0.1, 0.15) is 11.1 Å². The molecule has 0 radical (unpaired) electrons. The van der Waals surface area contributed by atoms with E-state index in [-0.39, 0.29) is 0 Å². The summed E-state index contributed by atoms with van der Waals surface area (Å²) in [7, 11) is 0. The standard InChI is InChI=1S/C48H32N4/c1-4-15-33(16-5-1)35-19-12-25-42(34-17-6-2-7-18-34)50-46(32-35)52-43-26-11-10-22-40(43)47-38(23-13-27-45(47)52)36-28-29-44-41(31-36)39-24-14-30-49-48(39)51(44)37-20-8-3-9-21-37/h1-32H/b19-12+,25-12?,35-19?,35-32+,42-25-,46-32?,50-42?,50-46-. The number of hydrogen-bond acceptors (Lipinski definition) is 2. The Morgan fingerprint density at radius 3 is 2.00 bits per heavy atom. The van der Waals surface area contributed by atoms with Gasteiger partial charge in [0.25, 0.3) is 0 Å². The molecule has 0 unspecified atom stereocenters. The fraction of sp³-hybridized carbons (Fsp3) is 0. The van der Waals surface area contributed by atoms with Crippen LogP contribution in [0.25, 0.3) is 71.8 Å². The van der Waals surface area contributed by atoms with Gasteiger partial charge in [-0.15, -0.1) is 0 Å². The zero-order chi connectivity index (χ0) is 34.4. The molecule has 4 heterocycles. The van der Waals surface area contributed by atoms with E-state index in [1.54, 1.807) is 0 Å². The van der Waals surface area contributed by atoms with Gasteiger partial charge in [-0.1, -0.05) is 127 Å². The van der Waals surface area contributed by atoms with Crippen molar-refractivity contribution in [2.24, 2.45) is 4.99 Å². The lowest BCUT2D eigenvalue weighted by Gasteiger charge is -2.14. The maximum absolute atomic E-state index is 5.44. The van der Waals surface area contributed by atoms with E-state index >= 15 is 0 Å². The molecule has 3 aromatic heterocycles. The topological polar surface area (TPSA) is 35.1 Å². The Bertz CT molecular complexity index is 2890. The summed E-state index contributed by atoms with van der Waals surface area (Å²) < 4.78 is 4.59. The molecule has 0 amide bonds. The molecule has 1 aliphatic rings. The Hall–Kier alpha value is -7.04. The van der Waals surface area contributed by atoms with Crippen LogP contribution in [0, 0.1) is 0 Å². The van der Waals surface area contributed by atoms with Crippen LogP contribution in [0.3, 0.4) is 0 Å². The van der Waals surface area contributed by atoms with Crippen molar-refractivity contribution in [2.45, 2.75) is 0 Å². The van der Waals surface area contributed by atoms with Crippen molar-refractivity contribution in [1.29, 1.82) is 0 Å². The minimum absolute atomic E-state index is 0.856. The molecule has 0 fully saturated rings. The maximum Gasteiger partial charge on any atom is 0.145 e. The molecule has 0 N–H and O–H groups in total. The number of para-hydroxylation sites is 2. The van der Waals surface area contributed by atoms with Crippen molar-refractivity contribution in [3.8, 4) is 16.8 Å². The van der Waals surface area contributed by atoms with Gasteiger partial charge in [-0.3, -0.25) is 9.13 Å². The molecule has 9 aromatic rings. The second-order valence-corrected chi connectivity index (χ2v) is 13.0. The Kier molecular flexibility index (Phi) is 7.10. The number of allylic oxidation sites excluding steroid dienone is 5. The van der Waals surface area contributed by atoms with E-state index in [2.05, 4.69) is 185 Å². The second kappa shape index (κ2) is 12.4. The fourth-order valence-corrected chi connectivity index (χ4v) is 7.68. The van der Waals surface area contributed by atoms with E-state index in [9.17, 15) is 0 Å². The van der Waals surface area contributed by atoms with Crippen LogP contribution >= 0.6 is 0 Å². The van der Waals surface area contributed by atoms with Crippen LogP contribution in [0.2, 0.25) is 0 Å². The predicted octanol–water partition coefficient (Wildman–Crippen LogP) is 11.9. The van der Waals surface area contributed by atoms with Crippen molar-refractivity contribution in [3.63, 3.8) is 0 Å². The number of aliphatic imine (C=N–C) groups is 1. The van der Waals surface area contributed by atoms with Crippen molar-refractivity contribution in [2.75, 3.05) is 0 Å². The lowest BCUT2D eigenvalue weighted by atomic mass is 9.98. The van der Waals surface area contributed by atoms with Gasteiger partial charge in [0.2, 0.25) is 0 Å². The first kappa shape index (κ1) is 29.8. The second-order valence-electron chi connectivity index (χ2n) is 13.0. The van der Waals surface area contributed by atoms with Crippen molar-refractivity contribution < 1.29 is 0 Å². The molecule has 6 aromatic carbocycles. The minimum Gasteiger partial charge on any atom is -0.294 e. The zero-order valence-electron chi connectivity index (χ0n) is 28.3. The summed E-state index contributed by atoms with van der Waals surface area (Å²) in [4.78, 5) is 10.3. The largest absolute Gasteiger partial charge is 0.294 e. The van der Waals surface area contributed by atoms with E-state index in [0.717, 1.165) is 67.1 Å². The molecule has 0 bridgehead atoms.